The number of anilines is 2. The van der Waals surface area contributed by atoms with Gasteiger partial charge >= 0.3 is 33.4 Å². The average Bonchev–Trinajstić information content (AvgIpc) is 3.80. The normalized spacial score (nSPS) is 18.2. The molecule has 0 spiro atoms. The number of rotatable bonds is 10. The maximum atomic E-state index is 14.1. The Morgan fingerprint density at radius 2 is 1.00 bits per heavy atom. The Labute approximate surface area is 317 Å². The fourth-order valence-electron chi connectivity index (χ4n) is 7.17. The first-order valence-electron chi connectivity index (χ1n) is 17.6. The van der Waals surface area contributed by atoms with E-state index in [2.05, 4.69) is 39.8 Å². The predicted molar refractivity (Wildman–Crippen MR) is 191 cm³/mol. The molecule has 0 amide bonds. The topological polar surface area (TPSA) is 34.7 Å². The van der Waals surface area contributed by atoms with Crippen molar-refractivity contribution in [3.8, 4) is 22.3 Å². The van der Waals surface area contributed by atoms with Gasteiger partial charge in [-0.3, -0.25) is 0 Å². The van der Waals surface area contributed by atoms with Gasteiger partial charge in [0.15, 0.2) is 0 Å². The van der Waals surface area contributed by atoms with Crippen LogP contribution in [0.15, 0.2) is 72.8 Å². The van der Waals surface area contributed by atoms with Crippen molar-refractivity contribution >= 4 is 11.4 Å². The van der Waals surface area contributed by atoms with Crippen LogP contribution in [0.3, 0.4) is 0 Å². The van der Waals surface area contributed by atoms with E-state index in [1.54, 1.807) is 34.3 Å². The van der Waals surface area contributed by atoms with Crippen molar-refractivity contribution in [3.63, 3.8) is 0 Å². The van der Waals surface area contributed by atoms with Crippen LogP contribution >= 0.6 is 0 Å². The van der Waals surface area contributed by atoms with Crippen LogP contribution in [0.1, 0.15) is 75.6 Å². The molecule has 6 rings (SSSR count). The van der Waals surface area contributed by atoms with Gasteiger partial charge in [0.25, 0.3) is 0 Å². The van der Waals surface area contributed by atoms with E-state index < -0.39 is 28.9 Å². The van der Waals surface area contributed by atoms with Crippen molar-refractivity contribution < 1.29 is 47.4 Å². The van der Waals surface area contributed by atoms with Gasteiger partial charge < -0.3 is 20.9 Å². The van der Waals surface area contributed by atoms with Crippen molar-refractivity contribution in [1.82, 2.24) is 0 Å². The van der Waals surface area contributed by atoms with E-state index in [9.17, 15) is 26.3 Å². The summed E-state index contributed by atoms with van der Waals surface area (Å²) >= 11 is 0. The van der Waals surface area contributed by atoms with E-state index >= 15 is 0 Å². The second-order valence-electron chi connectivity index (χ2n) is 14.1. The van der Waals surface area contributed by atoms with Crippen LogP contribution in [0, 0.1) is 17.5 Å². The molecule has 278 valence electrons. The molecule has 2 aliphatic heterocycles. The molecule has 0 aromatic heterocycles. The zero-order chi connectivity index (χ0) is 36.6. The Balaban J connectivity index is 0.00000523. The summed E-state index contributed by atoms with van der Waals surface area (Å²) in [4.78, 5) is 0. The molecule has 11 heteroatoms. The molecule has 2 unspecified atom stereocenters. The second-order valence-corrected chi connectivity index (χ2v) is 14.1. The average molecular weight is 900 g/mol. The van der Waals surface area contributed by atoms with Crippen molar-refractivity contribution in [3.05, 3.63) is 118 Å². The standard InChI is InChI=1S/C41H42F6N4.Pt/c1-5-7-27-9-13-29(14-10-27)33-25-31(17-19-35(33)40(42,43)44)50-23-21-37(48-50)39(3,4)38-22-24-51(49-38)32-18-20-36(41(45,46)47)34(26-32)30-15-11-28(8-6-2)12-16-30;/h9-16,19-20,25-26,37-38H,5-8,21-24H2,1-4H3;/q-4;+4. The fourth-order valence-corrected chi connectivity index (χ4v) is 7.17. The maximum absolute atomic E-state index is 14.1. The minimum atomic E-state index is -4.54. The van der Waals surface area contributed by atoms with Crippen LogP contribution in [0.25, 0.3) is 33.1 Å². The third-order valence-corrected chi connectivity index (χ3v) is 10.1. The number of benzene rings is 4. The minimum Gasteiger partial charge on any atom is -0.567 e. The molecule has 2 atom stereocenters. The molecule has 0 saturated carbocycles. The summed E-state index contributed by atoms with van der Waals surface area (Å²) < 4.78 is 84.5. The minimum absolute atomic E-state index is 0. The van der Waals surface area contributed by atoms with Gasteiger partial charge in [-0.15, -0.1) is 35.3 Å². The predicted octanol–water partition coefficient (Wildman–Crippen LogP) is 12.0. The molecule has 4 nitrogen and oxygen atoms in total. The van der Waals surface area contributed by atoms with E-state index in [0.29, 0.717) is 48.4 Å². The van der Waals surface area contributed by atoms with Crippen molar-refractivity contribution in [2.24, 2.45) is 5.41 Å². The Bertz CT molecular complexity index is 1670. The van der Waals surface area contributed by atoms with Gasteiger partial charge in [-0.25, -0.2) is 0 Å². The van der Waals surface area contributed by atoms with Gasteiger partial charge in [0.05, 0.1) is 0 Å². The molecule has 0 N–H and O–H groups in total. The molecule has 52 heavy (non-hydrogen) atoms. The first-order chi connectivity index (χ1) is 24.2. The van der Waals surface area contributed by atoms with Crippen LogP contribution in [-0.2, 0) is 46.3 Å². The first-order valence-corrected chi connectivity index (χ1v) is 17.6. The third-order valence-electron chi connectivity index (χ3n) is 10.1. The molecule has 0 bridgehead atoms. The van der Waals surface area contributed by atoms with Crippen LogP contribution in [0.2, 0.25) is 0 Å². The van der Waals surface area contributed by atoms with Gasteiger partial charge in [-0.2, -0.15) is 50.6 Å². The van der Waals surface area contributed by atoms with Crippen molar-refractivity contribution in [2.75, 3.05) is 23.1 Å². The molecule has 2 heterocycles. The van der Waals surface area contributed by atoms with Crippen molar-refractivity contribution in [2.45, 2.75) is 90.7 Å². The number of alkyl halides is 6. The largest absolute Gasteiger partial charge is 4.00 e. The summed E-state index contributed by atoms with van der Waals surface area (Å²) in [5.41, 5.74) is 12.2. The quantitative estimate of drug-likeness (QED) is 0.117. The molecule has 2 saturated heterocycles. The third kappa shape index (κ3) is 8.55. The summed E-state index contributed by atoms with van der Waals surface area (Å²) in [6.45, 7) is 9.27. The van der Waals surface area contributed by atoms with Crippen LogP contribution < -0.4 is 10.0 Å². The Hall–Kier alpha value is -3.33. The zero-order valence-corrected chi connectivity index (χ0v) is 31.9. The van der Waals surface area contributed by atoms with Gasteiger partial charge in [-0.05, 0) is 59.3 Å². The van der Waals surface area contributed by atoms with Gasteiger partial charge in [-0.1, -0.05) is 119 Å². The van der Waals surface area contributed by atoms with Crippen LogP contribution in [0.5, 0.6) is 0 Å². The molecule has 2 fully saturated rings. The summed E-state index contributed by atoms with van der Waals surface area (Å²) in [6, 6.07) is 24.8. The van der Waals surface area contributed by atoms with Gasteiger partial charge in [0.2, 0.25) is 0 Å². The van der Waals surface area contributed by atoms with Gasteiger partial charge in [0, 0.05) is 0 Å². The number of aryl methyl sites for hydroxylation is 2. The monoisotopic (exact) mass is 899 g/mol. The number of nitrogens with zero attached hydrogens (tertiary/aromatic N) is 4. The van der Waals surface area contributed by atoms with Gasteiger partial charge in [0.1, 0.15) is 0 Å². The summed E-state index contributed by atoms with van der Waals surface area (Å²) in [6.07, 6.45) is -4.16. The Morgan fingerprint density at radius 3 is 1.33 bits per heavy atom. The van der Waals surface area contributed by atoms with E-state index in [1.807, 2.05) is 24.3 Å². The SMILES string of the molecule is CCCc1ccc(-c2cc(N3CCC(C(C)(C)C4CCN(c5[c-]cc(C(F)(F)F)c(-c6ccc(CCC)cc6)c5)[N-]4)[N-]3)[c-]cc2C(F)(F)F)cc1.[Pt+4]. The van der Waals surface area contributed by atoms with Crippen molar-refractivity contribution in [1.29, 1.82) is 0 Å². The molecule has 4 aromatic carbocycles. The fraction of sp³-hybridized carbons (Fsp3) is 0.415. The summed E-state index contributed by atoms with van der Waals surface area (Å²) in [5, 5.41) is 3.46. The zero-order valence-electron chi connectivity index (χ0n) is 29.6. The van der Waals surface area contributed by atoms with Crippen LogP contribution in [-0.4, -0.2) is 25.2 Å². The molecule has 0 aliphatic carbocycles. The molecule has 0 radical (unpaired) electrons. The first kappa shape index (κ1) is 39.9. The second kappa shape index (κ2) is 16.0. The maximum Gasteiger partial charge on any atom is 4.00 e. The Morgan fingerprint density at radius 1 is 0.635 bits per heavy atom. The summed E-state index contributed by atoms with van der Waals surface area (Å²) in [7, 11) is 0. The molecular weight excluding hydrogens is 858 g/mol. The Kier molecular flexibility index (Phi) is 12.2. The number of hydrogen-bond acceptors (Lipinski definition) is 2. The number of hydrogen-bond donors (Lipinski definition) is 0. The molecule has 4 aromatic rings. The molecule has 2 aliphatic rings. The smallest absolute Gasteiger partial charge is 0.567 e. The van der Waals surface area contributed by atoms with E-state index in [-0.39, 0.29) is 44.3 Å². The molecular formula is C41H42F6N4Pt. The number of halogens is 6. The van der Waals surface area contributed by atoms with E-state index in [4.69, 9.17) is 10.9 Å². The van der Waals surface area contributed by atoms with E-state index in [0.717, 1.165) is 48.9 Å². The van der Waals surface area contributed by atoms with Crippen LogP contribution in [0.4, 0.5) is 37.7 Å². The summed E-state index contributed by atoms with van der Waals surface area (Å²) in [5.74, 6) is 0. The van der Waals surface area contributed by atoms with E-state index in [1.165, 1.54) is 12.1 Å².